The highest BCUT2D eigenvalue weighted by Gasteiger charge is 2.15. The van der Waals surface area contributed by atoms with Gasteiger partial charge in [-0.25, -0.2) is 0 Å². The third-order valence-corrected chi connectivity index (χ3v) is 2.65. The van der Waals surface area contributed by atoms with Gasteiger partial charge in [0.2, 0.25) is 0 Å². The standard InChI is InChI=1S/C12H19NO2/c1-5-10(13)9-6-7-11(14-3)8(2)12(9)15-4/h6-7,10H,5,13H2,1-4H3. The minimum atomic E-state index is 0.0181. The summed E-state index contributed by atoms with van der Waals surface area (Å²) >= 11 is 0. The maximum Gasteiger partial charge on any atom is 0.130 e. The molecule has 15 heavy (non-hydrogen) atoms. The first-order valence-corrected chi connectivity index (χ1v) is 5.12. The van der Waals surface area contributed by atoms with Crippen LogP contribution in [0.5, 0.6) is 11.5 Å². The van der Waals surface area contributed by atoms with E-state index >= 15 is 0 Å². The van der Waals surface area contributed by atoms with Crippen molar-refractivity contribution in [3.8, 4) is 11.5 Å². The molecule has 3 heteroatoms. The molecule has 0 saturated heterocycles. The Morgan fingerprint density at radius 3 is 2.40 bits per heavy atom. The van der Waals surface area contributed by atoms with Crippen molar-refractivity contribution in [1.82, 2.24) is 0 Å². The van der Waals surface area contributed by atoms with Crippen LogP contribution in [0.1, 0.15) is 30.5 Å². The highest BCUT2D eigenvalue weighted by Crippen LogP contribution is 2.34. The lowest BCUT2D eigenvalue weighted by molar-refractivity contribution is 0.382. The molecule has 0 heterocycles. The Labute approximate surface area is 91.2 Å². The molecule has 1 unspecified atom stereocenters. The maximum atomic E-state index is 6.01. The molecule has 0 radical (unpaired) electrons. The van der Waals surface area contributed by atoms with Crippen LogP contribution in [0.3, 0.4) is 0 Å². The summed E-state index contributed by atoms with van der Waals surface area (Å²) in [5, 5.41) is 0. The van der Waals surface area contributed by atoms with Crippen LogP contribution >= 0.6 is 0 Å². The molecule has 3 nitrogen and oxygen atoms in total. The van der Waals surface area contributed by atoms with Crippen LogP contribution in [0.15, 0.2) is 12.1 Å². The summed E-state index contributed by atoms with van der Waals surface area (Å²) in [5.41, 5.74) is 8.05. The zero-order valence-electron chi connectivity index (χ0n) is 9.83. The van der Waals surface area contributed by atoms with E-state index in [1.165, 1.54) is 0 Å². The van der Waals surface area contributed by atoms with Crippen LogP contribution in [0.2, 0.25) is 0 Å². The van der Waals surface area contributed by atoms with Gasteiger partial charge in [-0.15, -0.1) is 0 Å². The van der Waals surface area contributed by atoms with Gasteiger partial charge in [0.05, 0.1) is 14.2 Å². The molecular weight excluding hydrogens is 190 g/mol. The average molecular weight is 209 g/mol. The lowest BCUT2D eigenvalue weighted by Crippen LogP contribution is -2.11. The Bertz CT molecular complexity index is 337. The van der Waals surface area contributed by atoms with Crippen LogP contribution in [0, 0.1) is 6.92 Å². The molecule has 0 amide bonds. The Balaban J connectivity index is 3.24. The molecular formula is C12H19NO2. The third-order valence-electron chi connectivity index (χ3n) is 2.65. The molecule has 1 atom stereocenters. The molecule has 0 aliphatic rings. The molecule has 0 aliphatic heterocycles. The van der Waals surface area contributed by atoms with Gasteiger partial charge in [-0.2, -0.15) is 0 Å². The van der Waals surface area contributed by atoms with Crippen molar-refractivity contribution in [2.24, 2.45) is 5.73 Å². The number of benzene rings is 1. The first kappa shape index (κ1) is 11.9. The average Bonchev–Trinajstić information content (AvgIpc) is 2.27. The zero-order chi connectivity index (χ0) is 11.4. The largest absolute Gasteiger partial charge is 0.496 e. The Hall–Kier alpha value is -1.22. The van der Waals surface area contributed by atoms with Gasteiger partial charge in [-0.3, -0.25) is 0 Å². The highest BCUT2D eigenvalue weighted by molar-refractivity contribution is 5.50. The van der Waals surface area contributed by atoms with Crippen LogP contribution in [0.4, 0.5) is 0 Å². The predicted octanol–water partition coefficient (Wildman–Crippen LogP) is 2.42. The van der Waals surface area contributed by atoms with Gasteiger partial charge in [0.25, 0.3) is 0 Å². The summed E-state index contributed by atoms with van der Waals surface area (Å²) in [4.78, 5) is 0. The van der Waals surface area contributed by atoms with E-state index in [1.807, 2.05) is 19.1 Å². The number of hydrogen-bond donors (Lipinski definition) is 1. The van der Waals surface area contributed by atoms with Crippen molar-refractivity contribution < 1.29 is 9.47 Å². The van der Waals surface area contributed by atoms with Crippen molar-refractivity contribution >= 4 is 0 Å². The van der Waals surface area contributed by atoms with Gasteiger partial charge >= 0.3 is 0 Å². The van der Waals surface area contributed by atoms with Crippen LogP contribution in [-0.2, 0) is 0 Å². The molecule has 1 aromatic carbocycles. The Kier molecular flexibility index (Phi) is 3.97. The smallest absolute Gasteiger partial charge is 0.130 e. The minimum absolute atomic E-state index is 0.0181. The summed E-state index contributed by atoms with van der Waals surface area (Å²) in [6, 6.07) is 3.92. The maximum absolute atomic E-state index is 6.01. The molecule has 2 N–H and O–H groups in total. The monoisotopic (exact) mass is 209 g/mol. The molecule has 0 bridgehead atoms. The van der Waals surface area contributed by atoms with Gasteiger partial charge in [0.1, 0.15) is 11.5 Å². The summed E-state index contributed by atoms with van der Waals surface area (Å²) in [6.45, 7) is 4.03. The molecule has 0 saturated carbocycles. The van der Waals surface area contributed by atoms with Gasteiger partial charge < -0.3 is 15.2 Å². The molecule has 0 spiro atoms. The lowest BCUT2D eigenvalue weighted by Gasteiger charge is -2.17. The van der Waals surface area contributed by atoms with E-state index in [1.54, 1.807) is 14.2 Å². The number of rotatable bonds is 4. The van der Waals surface area contributed by atoms with E-state index in [0.29, 0.717) is 0 Å². The van der Waals surface area contributed by atoms with Crippen LogP contribution in [-0.4, -0.2) is 14.2 Å². The van der Waals surface area contributed by atoms with Crippen molar-refractivity contribution in [2.75, 3.05) is 14.2 Å². The van der Waals surface area contributed by atoms with Gasteiger partial charge in [0, 0.05) is 17.2 Å². The summed E-state index contributed by atoms with van der Waals surface area (Å²) in [5.74, 6) is 1.67. The molecule has 84 valence electrons. The van der Waals surface area contributed by atoms with Crippen LogP contribution < -0.4 is 15.2 Å². The van der Waals surface area contributed by atoms with E-state index in [9.17, 15) is 0 Å². The van der Waals surface area contributed by atoms with Crippen molar-refractivity contribution in [2.45, 2.75) is 26.3 Å². The van der Waals surface area contributed by atoms with Crippen molar-refractivity contribution in [1.29, 1.82) is 0 Å². The number of methoxy groups -OCH3 is 2. The van der Waals surface area contributed by atoms with E-state index in [2.05, 4.69) is 6.92 Å². The summed E-state index contributed by atoms with van der Waals surface area (Å²) < 4.78 is 10.6. The Morgan fingerprint density at radius 1 is 1.27 bits per heavy atom. The highest BCUT2D eigenvalue weighted by atomic mass is 16.5. The SMILES string of the molecule is CCC(N)c1ccc(OC)c(C)c1OC. The Morgan fingerprint density at radius 2 is 1.93 bits per heavy atom. The second kappa shape index (κ2) is 5.03. The van der Waals surface area contributed by atoms with Gasteiger partial charge in [-0.1, -0.05) is 13.0 Å². The van der Waals surface area contributed by atoms with Crippen molar-refractivity contribution in [3.63, 3.8) is 0 Å². The topological polar surface area (TPSA) is 44.5 Å². The fourth-order valence-electron chi connectivity index (χ4n) is 1.70. The van der Waals surface area contributed by atoms with Crippen molar-refractivity contribution in [3.05, 3.63) is 23.3 Å². The summed E-state index contributed by atoms with van der Waals surface area (Å²) in [6.07, 6.45) is 0.891. The fourth-order valence-corrected chi connectivity index (χ4v) is 1.70. The number of ether oxygens (including phenoxy) is 2. The molecule has 0 aromatic heterocycles. The molecule has 0 aliphatic carbocycles. The number of nitrogens with two attached hydrogens (primary N) is 1. The first-order chi connectivity index (χ1) is 7.15. The second-order valence-corrected chi connectivity index (χ2v) is 3.53. The molecule has 0 fully saturated rings. The fraction of sp³-hybridized carbons (Fsp3) is 0.500. The molecule has 1 rings (SSSR count). The number of hydrogen-bond acceptors (Lipinski definition) is 3. The summed E-state index contributed by atoms with van der Waals surface area (Å²) in [7, 11) is 3.31. The molecule has 1 aromatic rings. The van der Waals surface area contributed by atoms with E-state index in [0.717, 1.165) is 29.0 Å². The predicted molar refractivity (Wildman–Crippen MR) is 61.5 cm³/mol. The van der Waals surface area contributed by atoms with E-state index in [-0.39, 0.29) is 6.04 Å². The van der Waals surface area contributed by atoms with Gasteiger partial charge in [-0.05, 0) is 19.4 Å². The second-order valence-electron chi connectivity index (χ2n) is 3.53. The quantitative estimate of drug-likeness (QED) is 0.828. The zero-order valence-corrected chi connectivity index (χ0v) is 9.83. The third kappa shape index (κ3) is 2.23. The van der Waals surface area contributed by atoms with Crippen LogP contribution in [0.25, 0.3) is 0 Å². The van der Waals surface area contributed by atoms with E-state index < -0.39 is 0 Å². The lowest BCUT2D eigenvalue weighted by atomic mass is 10.0. The van der Waals surface area contributed by atoms with E-state index in [4.69, 9.17) is 15.2 Å². The normalized spacial score (nSPS) is 12.3. The van der Waals surface area contributed by atoms with Gasteiger partial charge in [0.15, 0.2) is 0 Å². The minimum Gasteiger partial charge on any atom is -0.496 e. The first-order valence-electron chi connectivity index (χ1n) is 5.12.